The number of aromatic nitrogens is 1. The van der Waals surface area contributed by atoms with E-state index in [1.807, 2.05) is 0 Å². The van der Waals surface area contributed by atoms with Gasteiger partial charge in [-0.05, 0) is 37.1 Å². The molecule has 1 N–H and O–H groups in total. The third kappa shape index (κ3) is 2.34. The van der Waals surface area contributed by atoms with Crippen molar-refractivity contribution in [2.24, 2.45) is 0 Å². The number of fused-ring (bicyclic) bond motifs is 1. The largest absolute Gasteiger partial charge is 0.367 e. The van der Waals surface area contributed by atoms with Gasteiger partial charge < -0.3 is 14.6 Å². The van der Waals surface area contributed by atoms with Gasteiger partial charge >= 0.3 is 0 Å². The van der Waals surface area contributed by atoms with Crippen LogP contribution in [0.15, 0.2) is 24.3 Å². The number of Topliss-reactive ketones (excluding diaryl/α,β-unsaturated/α-hetero) is 1. The van der Waals surface area contributed by atoms with E-state index < -0.39 is 5.60 Å². The minimum absolute atomic E-state index is 0.0169. The topological polar surface area (TPSA) is 62.4 Å². The van der Waals surface area contributed by atoms with Gasteiger partial charge in [-0.25, -0.2) is 4.39 Å². The van der Waals surface area contributed by atoms with Crippen LogP contribution in [0.1, 0.15) is 29.8 Å². The lowest BCUT2D eigenvalue weighted by Crippen LogP contribution is -2.53. The molecular weight excluding hydrogens is 299 g/mol. The zero-order valence-corrected chi connectivity index (χ0v) is 12.6. The molecule has 2 aliphatic heterocycles. The fourth-order valence-corrected chi connectivity index (χ4v) is 3.52. The van der Waals surface area contributed by atoms with Crippen LogP contribution in [0.25, 0.3) is 10.9 Å². The Morgan fingerprint density at radius 3 is 2.91 bits per heavy atom. The Kier molecular flexibility index (Phi) is 3.23. The predicted molar refractivity (Wildman–Crippen MR) is 81.7 cm³/mol. The van der Waals surface area contributed by atoms with Crippen LogP contribution in [-0.2, 0) is 9.53 Å². The van der Waals surface area contributed by atoms with Crippen molar-refractivity contribution in [3.05, 3.63) is 35.8 Å². The van der Waals surface area contributed by atoms with E-state index in [9.17, 15) is 14.0 Å². The molecular formula is C17H17FN2O3. The minimum Gasteiger partial charge on any atom is -0.367 e. The number of ether oxygens (including phenoxy) is 1. The van der Waals surface area contributed by atoms with E-state index in [4.69, 9.17) is 4.74 Å². The molecule has 1 aromatic heterocycles. The summed E-state index contributed by atoms with van der Waals surface area (Å²) in [5, 5.41) is 0.772. The molecule has 3 heterocycles. The first-order valence-electron chi connectivity index (χ1n) is 7.82. The third-order valence-corrected chi connectivity index (χ3v) is 4.83. The first-order valence-corrected chi connectivity index (χ1v) is 7.82. The molecule has 4 rings (SSSR count). The molecule has 1 aromatic carbocycles. The number of likely N-dealkylation sites (tertiary alicyclic amines) is 1. The summed E-state index contributed by atoms with van der Waals surface area (Å²) in [5.41, 5.74) is 0.286. The van der Waals surface area contributed by atoms with E-state index >= 15 is 0 Å². The lowest BCUT2D eigenvalue weighted by Gasteiger charge is -2.36. The molecule has 0 aliphatic carbocycles. The van der Waals surface area contributed by atoms with Crippen molar-refractivity contribution in [3.8, 4) is 0 Å². The maximum absolute atomic E-state index is 13.2. The Balaban J connectivity index is 1.55. The highest BCUT2D eigenvalue weighted by atomic mass is 19.1. The van der Waals surface area contributed by atoms with Crippen LogP contribution < -0.4 is 0 Å². The fraction of sp³-hybridized carbons (Fsp3) is 0.412. The van der Waals surface area contributed by atoms with Crippen LogP contribution in [0.4, 0.5) is 4.39 Å². The molecule has 1 spiro atoms. The van der Waals surface area contributed by atoms with Gasteiger partial charge in [0.15, 0.2) is 5.78 Å². The summed E-state index contributed by atoms with van der Waals surface area (Å²) in [6.45, 7) is 1.18. The maximum Gasteiger partial charge on any atom is 0.270 e. The van der Waals surface area contributed by atoms with E-state index in [2.05, 4.69) is 4.98 Å². The zero-order valence-electron chi connectivity index (χ0n) is 12.6. The van der Waals surface area contributed by atoms with Crippen molar-refractivity contribution < 1.29 is 18.7 Å². The number of carbonyl (C=O) groups is 2. The highest BCUT2D eigenvalue weighted by Gasteiger charge is 2.46. The molecule has 120 valence electrons. The standard InChI is InChI=1S/C17H17FN2O3/c18-12-3-2-11-8-14(19-13(11)9-12)16(22)20-6-5-17(15(21)10-20)4-1-7-23-17/h2-3,8-9,19H,1,4-7,10H2. The van der Waals surface area contributed by atoms with Crippen LogP contribution in [0.3, 0.4) is 0 Å². The highest BCUT2D eigenvalue weighted by molar-refractivity contribution is 6.01. The number of H-pyrrole nitrogens is 1. The number of piperidine rings is 1. The number of rotatable bonds is 1. The number of ketones is 1. The molecule has 0 radical (unpaired) electrons. The van der Waals surface area contributed by atoms with Crippen LogP contribution in [0.5, 0.6) is 0 Å². The first kappa shape index (κ1) is 14.4. The maximum atomic E-state index is 13.2. The van der Waals surface area contributed by atoms with E-state index in [0.29, 0.717) is 30.8 Å². The molecule has 6 heteroatoms. The van der Waals surface area contributed by atoms with Gasteiger partial charge in [0.2, 0.25) is 0 Å². The molecule has 0 saturated carbocycles. The molecule has 0 bridgehead atoms. The van der Waals surface area contributed by atoms with Crippen molar-refractivity contribution >= 4 is 22.6 Å². The second kappa shape index (κ2) is 5.16. The summed E-state index contributed by atoms with van der Waals surface area (Å²) >= 11 is 0. The van der Waals surface area contributed by atoms with Crippen LogP contribution in [0.2, 0.25) is 0 Å². The Bertz CT molecular complexity index is 792. The monoisotopic (exact) mass is 316 g/mol. The molecule has 2 saturated heterocycles. The molecule has 1 atom stereocenters. The summed E-state index contributed by atoms with van der Waals surface area (Å²) in [7, 11) is 0. The minimum atomic E-state index is -0.666. The number of carbonyl (C=O) groups excluding carboxylic acids is 2. The second-order valence-corrected chi connectivity index (χ2v) is 6.26. The predicted octanol–water partition coefficient (Wildman–Crippen LogP) is 2.27. The van der Waals surface area contributed by atoms with Gasteiger partial charge in [-0.3, -0.25) is 9.59 Å². The van der Waals surface area contributed by atoms with Gasteiger partial charge in [-0.2, -0.15) is 0 Å². The Morgan fingerprint density at radius 2 is 2.17 bits per heavy atom. The van der Waals surface area contributed by atoms with Gasteiger partial charge in [-0.15, -0.1) is 0 Å². The summed E-state index contributed by atoms with van der Waals surface area (Å²) in [6, 6.07) is 6.03. The lowest BCUT2D eigenvalue weighted by atomic mass is 9.87. The number of hydrogen-bond donors (Lipinski definition) is 1. The van der Waals surface area contributed by atoms with E-state index in [0.717, 1.165) is 18.2 Å². The number of benzene rings is 1. The number of nitrogens with zero attached hydrogens (tertiary/aromatic N) is 1. The molecule has 1 amide bonds. The molecule has 2 aliphatic rings. The zero-order chi connectivity index (χ0) is 16.0. The van der Waals surface area contributed by atoms with Gasteiger partial charge in [0.25, 0.3) is 5.91 Å². The third-order valence-electron chi connectivity index (χ3n) is 4.83. The highest BCUT2D eigenvalue weighted by Crippen LogP contribution is 2.33. The van der Waals surface area contributed by atoms with Crippen molar-refractivity contribution in [3.63, 3.8) is 0 Å². The van der Waals surface area contributed by atoms with Crippen molar-refractivity contribution in [1.29, 1.82) is 0 Å². The van der Waals surface area contributed by atoms with Crippen LogP contribution in [0, 0.1) is 5.82 Å². The molecule has 23 heavy (non-hydrogen) atoms. The first-order chi connectivity index (χ1) is 11.1. The van der Waals surface area contributed by atoms with Crippen molar-refractivity contribution in [2.45, 2.75) is 24.9 Å². The molecule has 2 fully saturated rings. The van der Waals surface area contributed by atoms with Gasteiger partial charge in [-0.1, -0.05) is 0 Å². The molecule has 1 unspecified atom stereocenters. The number of hydrogen-bond acceptors (Lipinski definition) is 3. The summed E-state index contributed by atoms with van der Waals surface area (Å²) < 4.78 is 18.9. The van der Waals surface area contributed by atoms with Gasteiger partial charge in [0.05, 0.1) is 6.54 Å². The van der Waals surface area contributed by atoms with Crippen LogP contribution in [-0.4, -0.2) is 46.9 Å². The fourth-order valence-electron chi connectivity index (χ4n) is 3.52. The average Bonchev–Trinajstić information content (AvgIpc) is 3.16. The number of halogens is 1. The van der Waals surface area contributed by atoms with E-state index in [1.54, 1.807) is 12.1 Å². The lowest BCUT2D eigenvalue weighted by molar-refractivity contribution is -0.144. The van der Waals surface area contributed by atoms with E-state index in [-0.39, 0.29) is 24.1 Å². The average molecular weight is 316 g/mol. The number of aromatic amines is 1. The number of amides is 1. The van der Waals surface area contributed by atoms with E-state index in [1.165, 1.54) is 17.0 Å². The van der Waals surface area contributed by atoms with Crippen LogP contribution >= 0.6 is 0 Å². The summed E-state index contributed by atoms with van der Waals surface area (Å²) in [4.78, 5) is 29.5. The molecule has 5 nitrogen and oxygen atoms in total. The smallest absolute Gasteiger partial charge is 0.270 e. The second-order valence-electron chi connectivity index (χ2n) is 6.26. The van der Waals surface area contributed by atoms with Crippen molar-refractivity contribution in [2.75, 3.05) is 19.7 Å². The Morgan fingerprint density at radius 1 is 1.30 bits per heavy atom. The summed E-state index contributed by atoms with van der Waals surface area (Å²) in [6.07, 6.45) is 2.19. The van der Waals surface area contributed by atoms with Gasteiger partial charge in [0.1, 0.15) is 17.1 Å². The Labute approximate surface area is 132 Å². The summed E-state index contributed by atoms with van der Waals surface area (Å²) in [5.74, 6) is -0.605. The molecule has 2 aromatic rings. The Hall–Kier alpha value is -2.21. The normalized spacial score (nSPS) is 24.7. The SMILES string of the molecule is O=C(c1cc2ccc(F)cc2[nH]1)N1CCC2(CCCO2)C(=O)C1. The van der Waals surface area contributed by atoms with Crippen molar-refractivity contribution in [1.82, 2.24) is 9.88 Å². The van der Waals surface area contributed by atoms with Gasteiger partial charge in [0, 0.05) is 30.5 Å². The quantitative estimate of drug-likeness (QED) is 0.878. The number of nitrogens with one attached hydrogen (secondary N) is 1.